The van der Waals surface area contributed by atoms with E-state index in [-0.39, 0.29) is 30.6 Å². The van der Waals surface area contributed by atoms with Crippen molar-refractivity contribution in [2.24, 2.45) is 0 Å². The Morgan fingerprint density at radius 1 is 0.969 bits per heavy atom. The van der Waals surface area contributed by atoms with E-state index in [1.165, 1.54) is 28.6 Å². The maximum Gasteiger partial charge on any atom is 0.414 e. The Kier molecular flexibility index (Phi) is 5.06. The summed E-state index contributed by atoms with van der Waals surface area (Å²) in [4.78, 5) is 25.6. The molecule has 10 heteroatoms. The van der Waals surface area contributed by atoms with Crippen LogP contribution in [0.15, 0.2) is 62.6 Å². The monoisotopic (exact) mass is 450 g/mol. The molecule has 1 saturated heterocycles. The number of benzene rings is 2. The average molecular weight is 450 g/mol. The molecule has 2 aliphatic rings. The number of ether oxygens (including phenoxy) is 1. The van der Waals surface area contributed by atoms with Crippen molar-refractivity contribution in [3.8, 4) is 0 Å². The van der Waals surface area contributed by atoms with Crippen molar-refractivity contribution >= 4 is 46.1 Å². The summed E-state index contributed by atoms with van der Waals surface area (Å²) in [6, 6.07) is 12.4. The van der Waals surface area contributed by atoms with Gasteiger partial charge < -0.3 is 9.15 Å². The molecule has 3 heterocycles. The predicted molar refractivity (Wildman–Crippen MR) is 119 cm³/mol. The van der Waals surface area contributed by atoms with Crippen LogP contribution >= 0.6 is 0 Å². The first-order valence-electron chi connectivity index (χ1n) is 10.2. The standard InChI is InChI=1S/C22H19BN2O6S/c23-16-2-4-19-15(11-16)13-30-22(27)25(19)17-7-9-24(10-8-17)32(28,29)18-3-5-20-14(12-18)1-6-21(26)31-20/h1-6,11-12,17H,7-10,13H2. The number of carbonyl (C=O) groups is 1. The van der Waals surface area contributed by atoms with Gasteiger partial charge in [-0.2, -0.15) is 4.31 Å². The van der Waals surface area contributed by atoms with Crippen LogP contribution < -0.4 is 16.0 Å². The molecule has 0 bridgehead atoms. The summed E-state index contributed by atoms with van der Waals surface area (Å²) in [6.45, 7) is 0.705. The van der Waals surface area contributed by atoms with E-state index in [9.17, 15) is 18.0 Å². The number of anilines is 1. The molecule has 162 valence electrons. The zero-order valence-corrected chi connectivity index (χ0v) is 17.9. The lowest BCUT2D eigenvalue weighted by atomic mass is 9.92. The Bertz CT molecular complexity index is 1380. The lowest BCUT2D eigenvalue weighted by molar-refractivity contribution is 0.136. The summed E-state index contributed by atoms with van der Waals surface area (Å²) in [6.07, 6.45) is 0.515. The molecular weight excluding hydrogens is 431 g/mol. The van der Waals surface area contributed by atoms with Gasteiger partial charge in [-0.3, -0.25) is 4.90 Å². The fraction of sp³-hybridized carbons (Fsp3) is 0.273. The van der Waals surface area contributed by atoms with Gasteiger partial charge in [0, 0.05) is 36.1 Å². The summed E-state index contributed by atoms with van der Waals surface area (Å²) in [7, 11) is 2.11. The summed E-state index contributed by atoms with van der Waals surface area (Å²) in [5, 5.41) is 0.535. The van der Waals surface area contributed by atoms with E-state index < -0.39 is 21.7 Å². The van der Waals surface area contributed by atoms with Crippen molar-refractivity contribution in [1.29, 1.82) is 0 Å². The third-order valence-corrected chi connectivity index (χ3v) is 7.82. The van der Waals surface area contributed by atoms with Gasteiger partial charge in [-0.15, -0.1) is 0 Å². The number of carbonyl (C=O) groups excluding carboxylic acids is 1. The number of rotatable bonds is 3. The number of hydrogen-bond acceptors (Lipinski definition) is 6. The largest absolute Gasteiger partial charge is 0.444 e. The van der Waals surface area contributed by atoms with Crippen molar-refractivity contribution < 1.29 is 22.4 Å². The highest BCUT2D eigenvalue weighted by Crippen LogP contribution is 2.32. The molecule has 0 unspecified atom stereocenters. The minimum atomic E-state index is -3.74. The first-order valence-corrected chi connectivity index (χ1v) is 11.7. The molecule has 0 atom stereocenters. The molecule has 0 saturated carbocycles. The van der Waals surface area contributed by atoms with Gasteiger partial charge in [0.25, 0.3) is 0 Å². The first kappa shape index (κ1) is 20.8. The molecule has 5 rings (SSSR count). The highest BCUT2D eigenvalue weighted by atomic mass is 32.2. The average Bonchev–Trinajstić information content (AvgIpc) is 2.79. The van der Waals surface area contributed by atoms with Gasteiger partial charge in [-0.05, 0) is 43.2 Å². The van der Waals surface area contributed by atoms with Crippen LogP contribution in [0.2, 0.25) is 0 Å². The zero-order chi connectivity index (χ0) is 22.5. The Morgan fingerprint density at radius 3 is 2.53 bits per heavy atom. The summed E-state index contributed by atoms with van der Waals surface area (Å²) in [5.74, 6) is 0. The smallest absolute Gasteiger partial charge is 0.414 e. The molecule has 2 radical (unpaired) electrons. The third kappa shape index (κ3) is 3.59. The molecule has 2 aromatic carbocycles. The number of sulfonamides is 1. The molecule has 0 N–H and O–H groups in total. The van der Waals surface area contributed by atoms with Gasteiger partial charge in [-0.1, -0.05) is 17.6 Å². The first-order chi connectivity index (χ1) is 15.3. The molecule has 1 aromatic heterocycles. The Morgan fingerprint density at radius 2 is 1.75 bits per heavy atom. The number of piperidine rings is 1. The fourth-order valence-corrected chi connectivity index (χ4v) is 5.81. The van der Waals surface area contributed by atoms with Crippen molar-refractivity contribution in [2.45, 2.75) is 30.4 Å². The second-order valence-electron chi connectivity index (χ2n) is 7.90. The van der Waals surface area contributed by atoms with Gasteiger partial charge in [-0.25, -0.2) is 18.0 Å². The van der Waals surface area contributed by atoms with E-state index in [2.05, 4.69) is 0 Å². The van der Waals surface area contributed by atoms with Crippen LogP contribution in [0.3, 0.4) is 0 Å². The highest BCUT2D eigenvalue weighted by Gasteiger charge is 2.37. The van der Waals surface area contributed by atoms with Gasteiger partial charge in [0.1, 0.15) is 20.0 Å². The van der Waals surface area contributed by atoms with Crippen LogP contribution in [0.25, 0.3) is 11.0 Å². The third-order valence-electron chi connectivity index (χ3n) is 5.93. The fourth-order valence-electron chi connectivity index (χ4n) is 4.31. The minimum Gasteiger partial charge on any atom is -0.444 e. The Balaban J connectivity index is 1.36. The lowest BCUT2D eigenvalue weighted by Gasteiger charge is -2.39. The number of fused-ring (bicyclic) bond motifs is 2. The minimum absolute atomic E-state index is 0.135. The maximum atomic E-state index is 13.2. The van der Waals surface area contributed by atoms with Crippen LogP contribution in [0, 0.1) is 0 Å². The van der Waals surface area contributed by atoms with E-state index in [1.807, 2.05) is 6.07 Å². The van der Waals surface area contributed by atoms with Gasteiger partial charge in [0.2, 0.25) is 10.0 Å². The second kappa shape index (κ2) is 7.79. The van der Waals surface area contributed by atoms with Crippen LogP contribution in [-0.2, 0) is 21.4 Å². The summed E-state index contributed by atoms with van der Waals surface area (Å²) in [5.41, 5.74) is 2.03. The number of nitrogens with zero attached hydrogens (tertiary/aromatic N) is 2. The predicted octanol–water partition coefficient (Wildman–Crippen LogP) is 1.90. The van der Waals surface area contributed by atoms with Crippen LogP contribution in [0.5, 0.6) is 0 Å². The van der Waals surface area contributed by atoms with E-state index >= 15 is 0 Å². The SMILES string of the molecule is [B]c1ccc2c(c1)COC(=O)N2C1CCN(S(=O)(=O)c2ccc3oc(=O)ccc3c2)CC1. The van der Waals surface area contributed by atoms with Crippen molar-refractivity contribution in [3.63, 3.8) is 0 Å². The number of hydrogen-bond donors (Lipinski definition) is 0. The summed E-state index contributed by atoms with van der Waals surface area (Å²) < 4.78 is 38.2. The molecule has 3 aromatic rings. The van der Waals surface area contributed by atoms with Crippen LogP contribution in [-0.4, -0.2) is 45.8 Å². The van der Waals surface area contributed by atoms with Gasteiger partial charge in [0.15, 0.2) is 0 Å². The van der Waals surface area contributed by atoms with E-state index in [4.69, 9.17) is 17.0 Å². The number of cyclic esters (lactones) is 1. The highest BCUT2D eigenvalue weighted by molar-refractivity contribution is 7.89. The van der Waals surface area contributed by atoms with Crippen LogP contribution in [0.1, 0.15) is 18.4 Å². The van der Waals surface area contributed by atoms with Crippen molar-refractivity contribution in [1.82, 2.24) is 4.31 Å². The molecule has 0 aliphatic carbocycles. The lowest BCUT2D eigenvalue weighted by Crippen LogP contribution is -2.50. The van der Waals surface area contributed by atoms with E-state index in [1.54, 1.807) is 23.1 Å². The molecule has 1 amide bonds. The maximum absolute atomic E-state index is 13.2. The topological polar surface area (TPSA) is 97.1 Å². The Labute approximate surface area is 185 Å². The normalized spacial score (nSPS) is 17.9. The molecule has 0 spiro atoms. The summed E-state index contributed by atoms with van der Waals surface area (Å²) >= 11 is 0. The molecule has 2 aliphatic heterocycles. The van der Waals surface area contributed by atoms with Crippen molar-refractivity contribution in [2.75, 3.05) is 18.0 Å². The molecular formula is C22H19BN2O6S. The molecule has 32 heavy (non-hydrogen) atoms. The Hall–Kier alpha value is -3.11. The second-order valence-corrected chi connectivity index (χ2v) is 9.84. The number of amides is 1. The van der Waals surface area contributed by atoms with Gasteiger partial charge >= 0.3 is 11.7 Å². The zero-order valence-electron chi connectivity index (χ0n) is 17.1. The van der Waals surface area contributed by atoms with Gasteiger partial charge in [0.05, 0.1) is 10.6 Å². The molecule has 8 nitrogen and oxygen atoms in total. The van der Waals surface area contributed by atoms with E-state index in [0.717, 1.165) is 11.3 Å². The van der Waals surface area contributed by atoms with E-state index in [0.29, 0.717) is 29.3 Å². The quantitative estimate of drug-likeness (QED) is 0.447. The van der Waals surface area contributed by atoms with Crippen molar-refractivity contribution in [3.05, 3.63) is 64.5 Å². The van der Waals surface area contributed by atoms with Crippen LogP contribution in [0.4, 0.5) is 10.5 Å². The molecule has 1 fully saturated rings.